The van der Waals surface area contributed by atoms with E-state index in [9.17, 15) is 13.2 Å². The molecular weight excluding hydrogens is 328 g/mol. The predicted octanol–water partition coefficient (Wildman–Crippen LogP) is 1.04. The third kappa shape index (κ3) is 3.59. The molecule has 0 aromatic carbocycles. The molecule has 0 atom stereocenters. The molecule has 130 valence electrons. The van der Waals surface area contributed by atoms with Gasteiger partial charge in [-0.3, -0.25) is 4.79 Å². The Balaban J connectivity index is 1.55. The molecule has 1 saturated heterocycles. The van der Waals surface area contributed by atoms with Crippen molar-refractivity contribution in [2.45, 2.75) is 32.2 Å². The molecule has 3 rings (SSSR count). The molecule has 24 heavy (non-hydrogen) atoms. The van der Waals surface area contributed by atoms with E-state index in [-0.39, 0.29) is 17.7 Å². The number of hydrogen-bond acceptors (Lipinski definition) is 4. The number of aromatic nitrogens is 2. The van der Waals surface area contributed by atoms with E-state index in [2.05, 4.69) is 15.3 Å². The van der Waals surface area contributed by atoms with Gasteiger partial charge >= 0.3 is 0 Å². The number of rotatable bonds is 5. The van der Waals surface area contributed by atoms with Crippen LogP contribution in [0.15, 0.2) is 24.5 Å². The summed E-state index contributed by atoms with van der Waals surface area (Å²) in [6, 6.07) is 3.82. The number of hydrogen-bond donors (Lipinski definition) is 2. The highest BCUT2D eigenvalue weighted by atomic mass is 32.2. The van der Waals surface area contributed by atoms with E-state index in [0.717, 1.165) is 16.6 Å². The van der Waals surface area contributed by atoms with Crippen molar-refractivity contribution in [3.8, 4) is 0 Å². The molecule has 0 saturated carbocycles. The number of fused-ring (bicyclic) bond motifs is 1. The molecule has 0 aliphatic carbocycles. The highest BCUT2D eigenvalue weighted by molar-refractivity contribution is 7.89. The average Bonchev–Trinajstić information content (AvgIpc) is 2.98. The van der Waals surface area contributed by atoms with Gasteiger partial charge in [0.1, 0.15) is 5.65 Å². The average molecular weight is 350 g/mol. The van der Waals surface area contributed by atoms with E-state index in [1.165, 1.54) is 4.31 Å². The first-order valence-corrected chi connectivity index (χ1v) is 9.78. The zero-order chi connectivity index (χ0) is 17.2. The molecule has 1 amide bonds. The SMILES string of the molecule is CCS(=O)(=O)N1CCC(NC(=O)Cc2c[nH]c3ncccc23)CC1. The summed E-state index contributed by atoms with van der Waals surface area (Å²) in [5.41, 5.74) is 1.69. The number of carbonyl (C=O) groups is 1. The molecule has 2 aromatic rings. The highest BCUT2D eigenvalue weighted by Crippen LogP contribution is 2.17. The van der Waals surface area contributed by atoms with Crippen molar-refractivity contribution in [1.82, 2.24) is 19.6 Å². The predicted molar refractivity (Wildman–Crippen MR) is 92.0 cm³/mol. The van der Waals surface area contributed by atoms with E-state index in [1.807, 2.05) is 18.3 Å². The Labute approximate surface area is 141 Å². The molecule has 2 N–H and O–H groups in total. The largest absolute Gasteiger partial charge is 0.353 e. The van der Waals surface area contributed by atoms with Gasteiger partial charge in [0, 0.05) is 36.9 Å². The topological polar surface area (TPSA) is 95.2 Å². The fourth-order valence-corrected chi connectivity index (χ4v) is 4.20. The van der Waals surface area contributed by atoms with Crippen molar-refractivity contribution < 1.29 is 13.2 Å². The summed E-state index contributed by atoms with van der Waals surface area (Å²) >= 11 is 0. The zero-order valence-corrected chi connectivity index (χ0v) is 14.5. The first kappa shape index (κ1) is 16.9. The van der Waals surface area contributed by atoms with Crippen LogP contribution in [0, 0.1) is 0 Å². The number of sulfonamides is 1. The van der Waals surface area contributed by atoms with E-state index in [1.54, 1.807) is 13.1 Å². The van der Waals surface area contributed by atoms with Crippen molar-refractivity contribution in [2.75, 3.05) is 18.8 Å². The standard InChI is InChI=1S/C16H22N4O3S/c1-2-24(22,23)20-8-5-13(6-9-20)19-15(21)10-12-11-18-16-14(12)4-3-7-17-16/h3-4,7,11,13H,2,5-6,8-10H2,1H3,(H,17,18)(H,19,21). The minimum atomic E-state index is -3.13. The number of nitrogens with one attached hydrogen (secondary N) is 2. The Kier molecular flexibility index (Phi) is 4.86. The fraction of sp³-hybridized carbons (Fsp3) is 0.500. The van der Waals surface area contributed by atoms with E-state index >= 15 is 0 Å². The Morgan fingerprint density at radius 3 is 2.88 bits per heavy atom. The Morgan fingerprint density at radius 2 is 2.17 bits per heavy atom. The summed E-state index contributed by atoms with van der Waals surface area (Å²) in [5, 5.41) is 3.97. The maximum absolute atomic E-state index is 12.3. The van der Waals surface area contributed by atoms with Crippen molar-refractivity contribution in [3.05, 3.63) is 30.1 Å². The van der Waals surface area contributed by atoms with Crippen molar-refractivity contribution in [3.63, 3.8) is 0 Å². The van der Waals surface area contributed by atoms with Gasteiger partial charge in [-0.25, -0.2) is 17.7 Å². The van der Waals surface area contributed by atoms with Gasteiger partial charge in [0.2, 0.25) is 15.9 Å². The lowest BCUT2D eigenvalue weighted by Gasteiger charge is -2.31. The summed E-state index contributed by atoms with van der Waals surface area (Å²) in [5.74, 6) is 0.0788. The van der Waals surface area contributed by atoms with Crippen LogP contribution in [-0.2, 0) is 21.2 Å². The molecule has 8 heteroatoms. The van der Waals surface area contributed by atoms with E-state index < -0.39 is 10.0 Å². The van der Waals surface area contributed by atoms with Gasteiger partial charge in [-0.1, -0.05) is 0 Å². The van der Waals surface area contributed by atoms with Gasteiger partial charge in [0.15, 0.2) is 0 Å². The van der Waals surface area contributed by atoms with Crippen LogP contribution in [0.3, 0.4) is 0 Å². The summed E-state index contributed by atoms with van der Waals surface area (Å²) in [6.45, 7) is 2.59. The van der Waals surface area contributed by atoms with Crippen molar-refractivity contribution in [2.24, 2.45) is 0 Å². The molecule has 0 bridgehead atoms. The van der Waals surface area contributed by atoms with Crippen LogP contribution in [-0.4, -0.2) is 53.5 Å². The lowest BCUT2D eigenvalue weighted by atomic mass is 10.1. The number of nitrogens with zero attached hydrogens (tertiary/aromatic N) is 2. The van der Waals surface area contributed by atoms with Crippen LogP contribution in [0.4, 0.5) is 0 Å². The van der Waals surface area contributed by atoms with Gasteiger partial charge in [-0.2, -0.15) is 0 Å². The fourth-order valence-electron chi connectivity index (χ4n) is 3.07. The van der Waals surface area contributed by atoms with Gasteiger partial charge in [0.25, 0.3) is 0 Å². The third-order valence-corrected chi connectivity index (χ3v) is 6.35. The van der Waals surface area contributed by atoms with Crippen molar-refractivity contribution >= 4 is 27.0 Å². The summed E-state index contributed by atoms with van der Waals surface area (Å²) in [7, 11) is -3.13. The second-order valence-corrected chi connectivity index (χ2v) is 8.29. The maximum atomic E-state index is 12.3. The molecule has 2 aromatic heterocycles. The number of piperidine rings is 1. The van der Waals surface area contributed by atoms with Crippen LogP contribution >= 0.6 is 0 Å². The van der Waals surface area contributed by atoms with E-state index in [4.69, 9.17) is 0 Å². The number of aromatic amines is 1. The van der Waals surface area contributed by atoms with Crippen LogP contribution < -0.4 is 5.32 Å². The van der Waals surface area contributed by atoms with Crippen LogP contribution in [0.5, 0.6) is 0 Å². The molecule has 0 radical (unpaired) electrons. The smallest absolute Gasteiger partial charge is 0.224 e. The second-order valence-electron chi connectivity index (χ2n) is 6.03. The van der Waals surface area contributed by atoms with Crippen LogP contribution in [0.1, 0.15) is 25.3 Å². The second kappa shape index (κ2) is 6.90. The van der Waals surface area contributed by atoms with Crippen LogP contribution in [0.2, 0.25) is 0 Å². The van der Waals surface area contributed by atoms with Gasteiger partial charge < -0.3 is 10.3 Å². The molecule has 0 unspecified atom stereocenters. The molecule has 7 nitrogen and oxygen atoms in total. The molecule has 0 spiro atoms. The molecule has 1 aliphatic rings. The minimum Gasteiger partial charge on any atom is -0.353 e. The third-order valence-electron chi connectivity index (χ3n) is 4.47. The van der Waals surface area contributed by atoms with Gasteiger partial charge in [0.05, 0.1) is 12.2 Å². The molecular formula is C16H22N4O3S. The quantitative estimate of drug-likeness (QED) is 0.842. The number of amides is 1. The number of H-pyrrole nitrogens is 1. The Morgan fingerprint density at radius 1 is 1.42 bits per heavy atom. The molecule has 1 fully saturated rings. The summed E-state index contributed by atoms with van der Waals surface area (Å²) in [4.78, 5) is 19.6. The number of carbonyl (C=O) groups excluding carboxylic acids is 1. The lowest BCUT2D eigenvalue weighted by Crippen LogP contribution is -2.47. The normalized spacial score (nSPS) is 17.2. The van der Waals surface area contributed by atoms with E-state index in [0.29, 0.717) is 32.4 Å². The monoisotopic (exact) mass is 350 g/mol. The number of pyridine rings is 1. The Bertz CT molecular complexity index is 823. The summed E-state index contributed by atoms with van der Waals surface area (Å²) < 4.78 is 25.2. The highest BCUT2D eigenvalue weighted by Gasteiger charge is 2.27. The van der Waals surface area contributed by atoms with Gasteiger partial charge in [-0.15, -0.1) is 0 Å². The first-order valence-electron chi connectivity index (χ1n) is 8.18. The molecule has 1 aliphatic heterocycles. The molecule has 3 heterocycles. The minimum absolute atomic E-state index is 0.0316. The van der Waals surface area contributed by atoms with Gasteiger partial charge in [-0.05, 0) is 37.5 Å². The zero-order valence-electron chi connectivity index (χ0n) is 13.7. The van der Waals surface area contributed by atoms with Crippen LogP contribution in [0.25, 0.3) is 11.0 Å². The Hall–Kier alpha value is -1.93. The lowest BCUT2D eigenvalue weighted by molar-refractivity contribution is -0.121. The summed E-state index contributed by atoms with van der Waals surface area (Å²) in [6.07, 6.45) is 5.12. The van der Waals surface area contributed by atoms with Crippen molar-refractivity contribution in [1.29, 1.82) is 0 Å². The first-order chi connectivity index (χ1) is 11.5. The maximum Gasteiger partial charge on any atom is 0.224 e.